The van der Waals surface area contributed by atoms with Crippen LogP contribution < -0.4 is 0 Å². The number of aromatic nitrogens is 4. The van der Waals surface area contributed by atoms with Crippen molar-refractivity contribution in [3.63, 3.8) is 0 Å². The molecule has 2 aromatic carbocycles. The second kappa shape index (κ2) is 8.59. The number of rotatable bonds is 5. The van der Waals surface area contributed by atoms with Crippen LogP contribution in [0.1, 0.15) is 30.1 Å². The lowest BCUT2D eigenvalue weighted by Crippen LogP contribution is -2.32. The first-order chi connectivity index (χ1) is 14.9. The fraction of sp³-hybridized carbons (Fsp3) is 0.240. The molecule has 5 nitrogen and oxygen atoms in total. The van der Waals surface area contributed by atoms with Crippen LogP contribution in [-0.2, 0) is 6.54 Å². The molecular weight excluding hydrogens is 370 g/mol. The summed E-state index contributed by atoms with van der Waals surface area (Å²) in [4.78, 5) is 11.4. The third-order valence-electron chi connectivity index (χ3n) is 5.91. The van der Waals surface area contributed by atoms with Gasteiger partial charge in [-0.05, 0) is 54.8 Å². The van der Waals surface area contributed by atoms with E-state index in [1.165, 1.54) is 16.7 Å². The maximum Gasteiger partial charge on any atom is 0.181 e. The van der Waals surface area contributed by atoms with Gasteiger partial charge in [0.05, 0.1) is 0 Å². The van der Waals surface area contributed by atoms with Crippen LogP contribution in [0.15, 0.2) is 79.1 Å². The summed E-state index contributed by atoms with van der Waals surface area (Å²) in [5.74, 6) is 2.20. The van der Waals surface area contributed by atoms with E-state index in [1.54, 1.807) is 12.4 Å². The van der Waals surface area contributed by atoms with Gasteiger partial charge < -0.3 is 0 Å². The van der Waals surface area contributed by atoms with Crippen LogP contribution in [0.5, 0.6) is 0 Å². The zero-order chi connectivity index (χ0) is 20.2. The van der Waals surface area contributed by atoms with Crippen molar-refractivity contribution in [3.8, 4) is 22.5 Å². The molecule has 5 rings (SSSR count). The largest absolute Gasteiger partial charge is 0.299 e. The number of hydrogen-bond acceptors (Lipinski definition) is 4. The smallest absolute Gasteiger partial charge is 0.181 e. The Bertz CT molecular complexity index is 1080. The standard InChI is InChI=1S/C25H25N5/c1-2-6-19(7-3-1)23-9-5-4-8-22(23)18-30-16-12-21(13-17-30)25-27-24(28-29-25)20-10-14-26-15-11-20/h1-11,14-15,21H,12-13,16-18H2,(H,27,28,29). The van der Waals surface area contributed by atoms with E-state index >= 15 is 0 Å². The van der Waals surface area contributed by atoms with Crippen molar-refractivity contribution in [3.05, 3.63) is 90.5 Å². The van der Waals surface area contributed by atoms with Crippen LogP contribution in [-0.4, -0.2) is 38.2 Å². The van der Waals surface area contributed by atoms with Gasteiger partial charge in [0.25, 0.3) is 0 Å². The first kappa shape index (κ1) is 18.7. The molecule has 0 radical (unpaired) electrons. The first-order valence-corrected chi connectivity index (χ1v) is 10.6. The molecule has 1 N–H and O–H groups in total. The van der Waals surface area contributed by atoms with Crippen LogP contribution >= 0.6 is 0 Å². The number of likely N-dealkylation sites (tertiary alicyclic amines) is 1. The van der Waals surface area contributed by atoms with E-state index < -0.39 is 0 Å². The minimum absolute atomic E-state index is 0.439. The summed E-state index contributed by atoms with van der Waals surface area (Å²) in [7, 11) is 0. The molecule has 3 heterocycles. The summed E-state index contributed by atoms with van der Waals surface area (Å²) in [5, 5.41) is 7.59. The maximum atomic E-state index is 4.75. The number of aromatic amines is 1. The quantitative estimate of drug-likeness (QED) is 0.521. The highest BCUT2D eigenvalue weighted by Gasteiger charge is 2.24. The molecule has 0 bridgehead atoms. The summed E-state index contributed by atoms with van der Waals surface area (Å²) in [6, 6.07) is 23.3. The highest BCUT2D eigenvalue weighted by atomic mass is 15.2. The van der Waals surface area contributed by atoms with Gasteiger partial charge in [-0.1, -0.05) is 54.6 Å². The van der Waals surface area contributed by atoms with Gasteiger partial charge in [-0.3, -0.25) is 15.0 Å². The Balaban J connectivity index is 1.24. The zero-order valence-corrected chi connectivity index (χ0v) is 16.9. The molecule has 1 aliphatic heterocycles. The number of pyridine rings is 1. The Kier molecular flexibility index (Phi) is 5.36. The zero-order valence-electron chi connectivity index (χ0n) is 16.9. The van der Waals surface area contributed by atoms with Crippen LogP contribution in [0, 0.1) is 0 Å². The van der Waals surface area contributed by atoms with Gasteiger partial charge in [-0.2, -0.15) is 5.10 Å². The molecule has 0 spiro atoms. The Labute approximate surface area is 176 Å². The van der Waals surface area contributed by atoms with E-state index in [9.17, 15) is 0 Å². The predicted octanol–water partition coefficient (Wildman–Crippen LogP) is 4.91. The van der Waals surface area contributed by atoms with Gasteiger partial charge in [0.2, 0.25) is 0 Å². The molecule has 150 valence electrons. The molecule has 0 unspecified atom stereocenters. The molecule has 0 aliphatic carbocycles. The van der Waals surface area contributed by atoms with Gasteiger partial charge in [-0.15, -0.1) is 0 Å². The van der Waals surface area contributed by atoms with Gasteiger partial charge in [0, 0.05) is 30.4 Å². The lowest BCUT2D eigenvalue weighted by atomic mass is 9.94. The number of benzene rings is 2. The summed E-state index contributed by atoms with van der Waals surface area (Å²) in [6.45, 7) is 3.12. The summed E-state index contributed by atoms with van der Waals surface area (Å²) in [6.07, 6.45) is 5.74. The maximum absolute atomic E-state index is 4.75. The minimum Gasteiger partial charge on any atom is -0.299 e. The van der Waals surface area contributed by atoms with E-state index in [1.807, 2.05) is 12.1 Å². The van der Waals surface area contributed by atoms with Gasteiger partial charge in [-0.25, -0.2) is 4.98 Å². The Hall–Kier alpha value is -3.31. The van der Waals surface area contributed by atoms with Crippen LogP contribution in [0.4, 0.5) is 0 Å². The highest BCUT2D eigenvalue weighted by molar-refractivity contribution is 5.67. The number of hydrogen-bond donors (Lipinski definition) is 1. The topological polar surface area (TPSA) is 57.7 Å². The number of nitrogens with one attached hydrogen (secondary N) is 1. The monoisotopic (exact) mass is 395 g/mol. The predicted molar refractivity (Wildman–Crippen MR) is 119 cm³/mol. The van der Waals surface area contributed by atoms with Crippen LogP contribution in [0.25, 0.3) is 22.5 Å². The van der Waals surface area contributed by atoms with Gasteiger partial charge >= 0.3 is 0 Å². The molecular formula is C25H25N5. The molecule has 0 atom stereocenters. The molecule has 2 aromatic heterocycles. The summed E-state index contributed by atoms with van der Waals surface area (Å²) in [5.41, 5.74) is 5.01. The van der Waals surface area contributed by atoms with Gasteiger partial charge in [0.1, 0.15) is 5.82 Å². The van der Waals surface area contributed by atoms with Crippen LogP contribution in [0.2, 0.25) is 0 Å². The summed E-state index contributed by atoms with van der Waals surface area (Å²) >= 11 is 0. The molecule has 30 heavy (non-hydrogen) atoms. The molecule has 0 amide bonds. The molecule has 5 heteroatoms. The fourth-order valence-electron chi connectivity index (χ4n) is 4.25. The van der Waals surface area contributed by atoms with E-state index in [-0.39, 0.29) is 0 Å². The van der Waals surface area contributed by atoms with Crippen LogP contribution in [0.3, 0.4) is 0 Å². The van der Waals surface area contributed by atoms with Crippen molar-refractivity contribution in [1.82, 2.24) is 25.1 Å². The minimum atomic E-state index is 0.439. The van der Waals surface area contributed by atoms with Crippen molar-refractivity contribution in [2.75, 3.05) is 13.1 Å². The fourth-order valence-corrected chi connectivity index (χ4v) is 4.25. The second-order valence-electron chi connectivity index (χ2n) is 7.85. The Morgan fingerprint density at radius 1 is 0.833 bits per heavy atom. The average molecular weight is 396 g/mol. The van der Waals surface area contributed by atoms with E-state index in [0.29, 0.717) is 5.92 Å². The van der Waals surface area contributed by atoms with Crippen molar-refractivity contribution in [1.29, 1.82) is 0 Å². The lowest BCUT2D eigenvalue weighted by Gasteiger charge is -2.31. The number of H-pyrrole nitrogens is 1. The Morgan fingerprint density at radius 2 is 1.57 bits per heavy atom. The molecule has 1 fully saturated rings. The highest BCUT2D eigenvalue weighted by Crippen LogP contribution is 2.30. The van der Waals surface area contributed by atoms with Crippen molar-refractivity contribution in [2.24, 2.45) is 0 Å². The van der Waals surface area contributed by atoms with E-state index in [2.05, 4.69) is 74.7 Å². The average Bonchev–Trinajstić information content (AvgIpc) is 3.32. The molecule has 1 saturated heterocycles. The van der Waals surface area contributed by atoms with Crippen molar-refractivity contribution in [2.45, 2.75) is 25.3 Å². The van der Waals surface area contributed by atoms with Crippen molar-refractivity contribution < 1.29 is 0 Å². The number of nitrogens with zero attached hydrogens (tertiary/aromatic N) is 4. The third-order valence-corrected chi connectivity index (χ3v) is 5.91. The summed E-state index contributed by atoms with van der Waals surface area (Å²) < 4.78 is 0. The van der Waals surface area contributed by atoms with Gasteiger partial charge in [0.15, 0.2) is 5.82 Å². The number of piperidine rings is 1. The molecule has 4 aromatic rings. The third kappa shape index (κ3) is 4.02. The lowest BCUT2D eigenvalue weighted by molar-refractivity contribution is 0.202. The van der Waals surface area contributed by atoms with E-state index in [4.69, 9.17) is 4.98 Å². The normalized spacial score (nSPS) is 15.3. The second-order valence-corrected chi connectivity index (χ2v) is 7.85. The SMILES string of the molecule is c1ccc(-c2ccccc2CN2CCC(c3nc(-c4ccncc4)n[nH]3)CC2)cc1. The molecule has 0 saturated carbocycles. The molecule has 1 aliphatic rings. The van der Waals surface area contributed by atoms with Crippen molar-refractivity contribution >= 4 is 0 Å². The van der Waals surface area contributed by atoms with E-state index in [0.717, 1.165) is 49.7 Å². The first-order valence-electron chi connectivity index (χ1n) is 10.6. The Morgan fingerprint density at radius 3 is 2.37 bits per heavy atom.